The Bertz CT molecular complexity index is 1050. The van der Waals surface area contributed by atoms with Crippen LogP contribution in [0.5, 0.6) is 0 Å². The second-order valence-corrected chi connectivity index (χ2v) is 6.23. The Morgan fingerprint density at radius 3 is 2.72 bits per heavy atom. The molecule has 0 radical (unpaired) electrons. The summed E-state index contributed by atoms with van der Waals surface area (Å²) in [4.78, 5) is 7.36. The molecule has 0 unspecified atom stereocenters. The lowest BCUT2D eigenvalue weighted by atomic mass is 10.1. The van der Waals surface area contributed by atoms with Gasteiger partial charge >= 0.3 is 0 Å². The Labute approximate surface area is 145 Å². The van der Waals surface area contributed by atoms with Crippen molar-refractivity contribution in [2.75, 3.05) is 31.1 Å². The molecule has 0 amide bonds. The van der Waals surface area contributed by atoms with E-state index in [1.165, 1.54) is 5.69 Å². The van der Waals surface area contributed by atoms with Gasteiger partial charge in [0.25, 0.3) is 0 Å². The summed E-state index contributed by atoms with van der Waals surface area (Å²) < 4.78 is 1.97. The first-order valence-electron chi connectivity index (χ1n) is 8.56. The van der Waals surface area contributed by atoms with Crippen molar-refractivity contribution >= 4 is 22.2 Å². The molecule has 0 atom stereocenters. The van der Waals surface area contributed by atoms with Crippen molar-refractivity contribution in [3.8, 4) is 11.5 Å². The average molecular weight is 330 g/mol. The number of piperazine rings is 1. The number of aromatic nitrogens is 4. The summed E-state index contributed by atoms with van der Waals surface area (Å²) in [6, 6.07) is 16.4. The van der Waals surface area contributed by atoms with Gasteiger partial charge in [-0.3, -0.25) is 4.40 Å². The predicted octanol–water partition coefficient (Wildman–Crippen LogP) is 2.35. The molecule has 1 N–H and O–H groups in total. The minimum Gasteiger partial charge on any atom is -0.367 e. The number of rotatable bonds is 2. The fraction of sp³-hybridized carbons (Fsp3) is 0.211. The summed E-state index contributed by atoms with van der Waals surface area (Å²) in [5, 5.41) is 13.1. The van der Waals surface area contributed by atoms with Gasteiger partial charge in [-0.15, -0.1) is 10.2 Å². The third-order valence-electron chi connectivity index (χ3n) is 4.70. The van der Waals surface area contributed by atoms with Crippen LogP contribution in [-0.4, -0.2) is 45.8 Å². The predicted molar refractivity (Wildman–Crippen MR) is 98.8 cm³/mol. The topological polar surface area (TPSA) is 58.3 Å². The molecule has 1 fully saturated rings. The van der Waals surface area contributed by atoms with Crippen molar-refractivity contribution in [1.29, 1.82) is 0 Å². The average Bonchev–Trinajstić information content (AvgIpc) is 3.12. The molecule has 0 saturated carbocycles. The Kier molecular flexibility index (Phi) is 3.34. The highest BCUT2D eigenvalue weighted by Gasteiger charge is 2.16. The van der Waals surface area contributed by atoms with Crippen molar-refractivity contribution in [2.24, 2.45) is 0 Å². The van der Waals surface area contributed by atoms with Gasteiger partial charge in [0.2, 0.25) is 0 Å². The fourth-order valence-electron chi connectivity index (χ4n) is 3.43. The summed E-state index contributed by atoms with van der Waals surface area (Å²) >= 11 is 0. The molecule has 4 heterocycles. The zero-order chi connectivity index (χ0) is 16.6. The third-order valence-corrected chi connectivity index (χ3v) is 4.70. The number of para-hydroxylation sites is 1. The van der Waals surface area contributed by atoms with E-state index < -0.39 is 0 Å². The highest BCUT2D eigenvalue weighted by molar-refractivity contribution is 5.92. The van der Waals surface area contributed by atoms with Crippen LogP contribution < -0.4 is 10.2 Å². The van der Waals surface area contributed by atoms with Crippen LogP contribution in [-0.2, 0) is 0 Å². The fourth-order valence-corrected chi connectivity index (χ4v) is 3.43. The smallest absolute Gasteiger partial charge is 0.187 e. The van der Waals surface area contributed by atoms with E-state index in [0.717, 1.165) is 54.2 Å². The van der Waals surface area contributed by atoms with Crippen LogP contribution in [0.15, 0.2) is 54.7 Å². The van der Waals surface area contributed by atoms with E-state index in [9.17, 15) is 0 Å². The SMILES string of the molecule is c1cc(N2CCNCC2)c2nc(-c3nnc4ccccn34)ccc2c1. The van der Waals surface area contributed by atoms with Crippen molar-refractivity contribution < 1.29 is 0 Å². The number of pyridine rings is 2. The van der Waals surface area contributed by atoms with Crippen LogP contribution in [0.25, 0.3) is 28.1 Å². The van der Waals surface area contributed by atoms with Gasteiger partial charge in [0, 0.05) is 37.8 Å². The summed E-state index contributed by atoms with van der Waals surface area (Å²) in [5.74, 6) is 0.771. The van der Waals surface area contributed by atoms with E-state index in [0.29, 0.717) is 0 Å². The number of nitrogens with one attached hydrogen (secondary N) is 1. The lowest BCUT2D eigenvalue weighted by molar-refractivity contribution is 0.590. The minimum absolute atomic E-state index is 0.771. The van der Waals surface area contributed by atoms with Crippen LogP contribution in [0.1, 0.15) is 0 Å². The Morgan fingerprint density at radius 1 is 0.880 bits per heavy atom. The molecule has 0 spiro atoms. The molecule has 25 heavy (non-hydrogen) atoms. The number of fused-ring (bicyclic) bond motifs is 2. The molecular formula is C19H18N6. The molecule has 5 rings (SSSR count). The molecule has 6 heteroatoms. The zero-order valence-electron chi connectivity index (χ0n) is 13.8. The molecular weight excluding hydrogens is 312 g/mol. The number of nitrogens with zero attached hydrogens (tertiary/aromatic N) is 5. The van der Waals surface area contributed by atoms with Crippen molar-refractivity contribution in [1.82, 2.24) is 24.9 Å². The van der Waals surface area contributed by atoms with E-state index in [-0.39, 0.29) is 0 Å². The van der Waals surface area contributed by atoms with Crippen LogP contribution >= 0.6 is 0 Å². The quantitative estimate of drug-likeness (QED) is 0.611. The van der Waals surface area contributed by atoms with Gasteiger partial charge in [0.1, 0.15) is 5.69 Å². The van der Waals surface area contributed by atoms with E-state index in [1.807, 2.05) is 34.9 Å². The maximum Gasteiger partial charge on any atom is 0.187 e. The number of anilines is 1. The van der Waals surface area contributed by atoms with Gasteiger partial charge in [-0.25, -0.2) is 4.98 Å². The molecule has 4 aromatic rings. The molecule has 6 nitrogen and oxygen atoms in total. The molecule has 1 saturated heterocycles. The van der Waals surface area contributed by atoms with Crippen LogP contribution in [0, 0.1) is 0 Å². The Hall–Kier alpha value is -2.99. The van der Waals surface area contributed by atoms with Crippen molar-refractivity contribution in [3.05, 3.63) is 54.7 Å². The normalized spacial score (nSPS) is 15.1. The number of hydrogen-bond donors (Lipinski definition) is 1. The zero-order valence-corrected chi connectivity index (χ0v) is 13.8. The largest absolute Gasteiger partial charge is 0.367 e. The first-order chi connectivity index (χ1) is 12.4. The standard InChI is InChI=1S/C19H18N6/c1-2-11-25-17(6-1)22-23-19(25)15-8-7-14-4-3-5-16(18(14)21-15)24-12-9-20-10-13-24/h1-8,11,20H,9-10,12-13H2. The first-order valence-corrected chi connectivity index (χ1v) is 8.56. The summed E-state index contributed by atoms with van der Waals surface area (Å²) in [7, 11) is 0. The molecule has 3 aromatic heterocycles. The van der Waals surface area contributed by atoms with Gasteiger partial charge < -0.3 is 10.2 Å². The van der Waals surface area contributed by atoms with Crippen LogP contribution in [0.2, 0.25) is 0 Å². The summed E-state index contributed by atoms with van der Waals surface area (Å²) in [5.41, 5.74) is 3.88. The molecule has 1 aliphatic rings. The molecule has 1 aromatic carbocycles. The highest BCUT2D eigenvalue weighted by Crippen LogP contribution is 2.28. The monoisotopic (exact) mass is 330 g/mol. The maximum atomic E-state index is 4.96. The number of benzene rings is 1. The molecule has 0 aliphatic carbocycles. The maximum absolute atomic E-state index is 4.96. The minimum atomic E-state index is 0.771. The van der Waals surface area contributed by atoms with Crippen LogP contribution in [0.4, 0.5) is 5.69 Å². The molecule has 0 bridgehead atoms. The van der Waals surface area contributed by atoms with Crippen LogP contribution in [0.3, 0.4) is 0 Å². The van der Waals surface area contributed by atoms with E-state index in [2.05, 4.69) is 44.7 Å². The molecule has 1 aliphatic heterocycles. The van der Waals surface area contributed by atoms with Gasteiger partial charge in [-0.05, 0) is 24.3 Å². The van der Waals surface area contributed by atoms with Crippen molar-refractivity contribution in [3.63, 3.8) is 0 Å². The summed E-state index contributed by atoms with van der Waals surface area (Å²) in [6.45, 7) is 4.01. The van der Waals surface area contributed by atoms with E-state index >= 15 is 0 Å². The second-order valence-electron chi connectivity index (χ2n) is 6.23. The van der Waals surface area contributed by atoms with Gasteiger partial charge in [-0.2, -0.15) is 0 Å². The van der Waals surface area contributed by atoms with Gasteiger partial charge in [0.15, 0.2) is 11.5 Å². The van der Waals surface area contributed by atoms with E-state index in [4.69, 9.17) is 4.98 Å². The van der Waals surface area contributed by atoms with Crippen molar-refractivity contribution in [2.45, 2.75) is 0 Å². The first kappa shape index (κ1) is 14.4. The number of hydrogen-bond acceptors (Lipinski definition) is 5. The van der Waals surface area contributed by atoms with Gasteiger partial charge in [0.05, 0.1) is 11.2 Å². The van der Waals surface area contributed by atoms with Gasteiger partial charge in [-0.1, -0.05) is 24.3 Å². The van der Waals surface area contributed by atoms with E-state index in [1.54, 1.807) is 0 Å². The lowest BCUT2D eigenvalue weighted by Crippen LogP contribution is -2.43. The third kappa shape index (κ3) is 2.42. The Balaban J connectivity index is 1.68. The summed E-state index contributed by atoms with van der Waals surface area (Å²) in [6.07, 6.45) is 1.97. The second kappa shape index (κ2) is 5.82. The lowest BCUT2D eigenvalue weighted by Gasteiger charge is -2.30. The Morgan fingerprint density at radius 2 is 1.80 bits per heavy atom. The highest BCUT2D eigenvalue weighted by atomic mass is 15.3. The molecule has 124 valence electrons.